The van der Waals surface area contributed by atoms with Crippen LogP contribution in [0.3, 0.4) is 0 Å². The van der Waals surface area contributed by atoms with E-state index in [2.05, 4.69) is 4.90 Å². The number of ether oxygens (including phenoxy) is 1. The molecule has 136 valence electrons. The zero-order valence-corrected chi connectivity index (χ0v) is 15.5. The number of likely N-dealkylation sites (tertiary alicyclic amines) is 1. The van der Waals surface area contributed by atoms with Gasteiger partial charge in [0.15, 0.2) is 6.29 Å². The van der Waals surface area contributed by atoms with Gasteiger partial charge in [-0.15, -0.1) is 0 Å². The van der Waals surface area contributed by atoms with Crippen LogP contribution in [0.5, 0.6) is 5.75 Å². The highest BCUT2D eigenvalue weighted by Crippen LogP contribution is 2.49. The first-order chi connectivity index (χ1) is 12.0. The van der Waals surface area contributed by atoms with Gasteiger partial charge >= 0.3 is 0 Å². The Morgan fingerprint density at radius 3 is 2.64 bits per heavy atom. The maximum absolute atomic E-state index is 11.6. The maximum Gasteiger partial charge on any atom is 0.151 e. The van der Waals surface area contributed by atoms with Gasteiger partial charge in [0.05, 0.1) is 6.10 Å². The van der Waals surface area contributed by atoms with E-state index in [9.17, 15) is 4.79 Å². The molecule has 0 atom stereocenters. The molecule has 5 nitrogen and oxygen atoms in total. The Hall–Kier alpha value is -1.85. The first kappa shape index (κ1) is 18.0. The van der Waals surface area contributed by atoms with Crippen LogP contribution in [-0.2, 0) is 0 Å². The minimum Gasteiger partial charge on any atom is -0.490 e. The first-order valence-corrected chi connectivity index (χ1v) is 8.99. The Bertz CT molecular complexity index is 655. The molecule has 0 bridgehead atoms. The molecule has 2 aliphatic rings. The largest absolute Gasteiger partial charge is 0.490 e. The summed E-state index contributed by atoms with van der Waals surface area (Å²) in [5, 5.41) is 0. The summed E-state index contributed by atoms with van der Waals surface area (Å²) < 4.78 is 6.27. The molecule has 1 aromatic carbocycles. The van der Waals surface area contributed by atoms with E-state index in [0.29, 0.717) is 11.0 Å². The Morgan fingerprint density at radius 1 is 1.32 bits per heavy atom. The van der Waals surface area contributed by atoms with Crippen LogP contribution in [0.1, 0.15) is 34.3 Å². The molecule has 0 aromatic heterocycles. The lowest BCUT2D eigenvalue weighted by atomic mass is 9.62. The number of aryl methyl sites for hydroxylation is 1. The van der Waals surface area contributed by atoms with Crippen molar-refractivity contribution < 1.29 is 9.53 Å². The lowest BCUT2D eigenvalue weighted by Crippen LogP contribution is -2.65. The number of carbonyl (C=O) groups is 1. The molecule has 25 heavy (non-hydrogen) atoms. The van der Waals surface area contributed by atoms with Gasteiger partial charge in [-0.1, -0.05) is 6.07 Å². The summed E-state index contributed by atoms with van der Waals surface area (Å²) in [5.74, 6) is 0.809. The normalized spacial score (nSPS) is 19.7. The van der Waals surface area contributed by atoms with E-state index in [1.165, 1.54) is 0 Å². The Balaban J connectivity index is 1.68. The minimum atomic E-state index is 0.244. The third-order valence-electron chi connectivity index (χ3n) is 5.30. The van der Waals surface area contributed by atoms with Crippen LogP contribution in [0, 0.1) is 12.3 Å². The highest BCUT2D eigenvalue weighted by atomic mass is 16.5. The fraction of sp³-hybridized carbons (Fsp3) is 0.550. The molecule has 5 heteroatoms. The van der Waals surface area contributed by atoms with Crippen LogP contribution < -0.4 is 10.5 Å². The topological polar surface area (TPSA) is 58.8 Å². The third-order valence-corrected chi connectivity index (χ3v) is 5.30. The van der Waals surface area contributed by atoms with E-state index in [1.807, 2.05) is 50.3 Å². The van der Waals surface area contributed by atoms with E-state index >= 15 is 0 Å². The van der Waals surface area contributed by atoms with Crippen molar-refractivity contribution in [1.29, 1.82) is 0 Å². The van der Waals surface area contributed by atoms with E-state index in [0.717, 1.165) is 62.2 Å². The Morgan fingerprint density at radius 2 is 2.04 bits per heavy atom. The van der Waals surface area contributed by atoms with Crippen molar-refractivity contribution in [2.75, 3.05) is 40.3 Å². The number of benzene rings is 1. The highest BCUT2D eigenvalue weighted by Gasteiger charge is 2.53. The lowest BCUT2D eigenvalue weighted by Gasteiger charge is -2.58. The van der Waals surface area contributed by atoms with Crippen LogP contribution in [0.2, 0.25) is 0 Å². The molecule has 1 aliphatic heterocycles. The molecular formula is C20H29N3O2. The molecule has 1 aliphatic carbocycles. The van der Waals surface area contributed by atoms with Crippen molar-refractivity contribution >= 4 is 12.4 Å². The van der Waals surface area contributed by atoms with Gasteiger partial charge in [-0.2, -0.15) is 0 Å². The number of rotatable bonds is 7. The molecular weight excluding hydrogens is 314 g/mol. The molecule has 1 aromatic rings. The molecule has 1 heterocycles. The Labute approximate surface area is 150 Å². The van der Waals surface area contributed by atoms with Crippen molar-refractivity contribution in [3.8, 4) is 5.75 Å². The van der Waals surface area contributed by atoms with E-state index in [-0.39, 0.29) is 6.10 Å². The van der Waals surface area contributed by atoms with Gasteiger partial charge < -0.3 is 20.3 Å². The summed E-state index contributed by atoms with van der Waals surface area (Å²) >= 11 is 0. The van der Waals surface area contributed by atoms with Gasteiger partial charge in [-0.05, 0) is 43.7 Å². The predicted molar refractivity (Wildman–Crippen MR) is 101 cm³/mol. The average molecular weight is 343 g/mol. The van der Waals surface area contributed by atoms with Crippen LogP contribution in [0.15, 0.2) is 18.3 Å². The van der Waals surface area contributed by atoms with Gasteiger partial charge in [0.1, 0.15) is 5.75 Å². The van der Waals surface area contributed by atoms with Gasteiger partial charge in [0.25, 0.3) is 0 Å². The van der Waals surface area contributed by atoms with Crippen molar-refractivity contribution in [1.82, 2.24) is 9.80 Å². The van der Waals surface area contributed by atoms with Gasteiger partial charge in [-0.25, -0.2) is 0 Å². The number of carbonyl (C=O) groups excluding carboxylic acids is 1. The summed E-state index contributed by atoms with van der Waals surface area (Å²) in [6.45, 7) is 5.97. The van der Waals surface area contributed by atoms with Gasteiger partial charge in [0, 0.05) is 56.8 Å². The van der Waals surface area contributed by atoms with Crippen molar-refractivity contribution in [3.05, 3.63) is 35.0 Å². The fourth-order valence-electron chi connectivity index (χ4n) is 4.05. The minimum absolute atomic E-state index is 0.244. The maximum atomic E-state index is 11.6. The fourth-order valence-corrected chi connectivity index (χ4v) is 4.05. The van der Waals surface area contributed by atoms with Gasteiger partial charge in [-0.3, -0.25) is 4.79 Å². The van der Waals surface area contributed by atoms with E-state index in [1.54, 1.807) is 0 Å². The van der Waals surface area contributed by atoms with Crippen molar-refractivity contribution in [2.45, 2.75) is 25.9 Å². The highest BCUT2D eigenvalue weighted by molar-refractivity contribution is 5.86. The van der Waals surface area contributed by atoms with Crippen LogP contribution in [0.4, 0.5) is 0 Å². The standard InChI is InChI=1S/C20H29N3O2/c1-15-4-5-19(17(18(15)12-24)6-8-22(2)3)25-16-10-20(11-16)13-23(14-20)9-7-21/h4-6,8,12,16H,7,9-11,13-14,21H2,1-3H3/b8-6-. The monoisotopic (exact) mass is 343 g/mol. The second-order valence-corrected chi connectivity index (χ2v) is 7.75. The number of nitrogens with zero attached hydrogens (tertiary/aromatic N) is 2. The smallest absolute Gasteiger partial charge is 0.151 e. The average Bonchev–Trinajstić information content (AvgIpc) is 2.50. The first-order valence-electron chi connectivity index (χ1n) is 8.99. The molecule has 2 fully saturated rings. The number of aldehydes is 1. The quantitative estimate of drug-likeness (QED) is 0.769. The second kappa shape index (κ2) is 7.18. The predicted octanol–water partition coefficient (Wildman–Crippen LogP) is 2.14. The molecule has 1 spiro atoms. The summed E-state index contributed by atoms with van der Waals surface area (Å²) in [5.41, 5.74) is 8.62. The second-order valence-electron chi connectivity index (χ2n) is 7.75. The van der Waals surface area contributed by atoms with Crippen molar-refractivity contribution in [3.63, 3.8) is 0 Å². The van der Waals surface area contributed by atoms with E-state index < -0.39 is 0 Å². The summed E-state index contributed by atoms with van der Waals surface area (Å²) in [6, 6.07) is 3.96. The molecule has 0 radical (unpaired) electrons. The Kier molecular flexibility index (Phi) is 5.16. The zero-order chi connectivity index (χ0) is 18.0. The molecule has 0 amide bonds. The number of hydrogen-bond donors (Lipinski definition) is 1. The number of hydrogen-bond acceptors (Lipinski definition) is 5. The van der Waals surface area contributed by atoms with Crippen LogP contribution in [0.25, 0.3) is 6.08 Å². The molecule has 3 rings (SSSR count). The number of nitrogens with two attached hydrogens (primary N) is 1. The third kappa shape index (κ3) is 3.72. The molecule has 2 N–H and O–H groups in total. The summed E-state index contributed by atoms with van der Waals surface area (Å²) in [6.07, 6.45) is 7.27. The SMILES string of the molecule is Cc1ccc(OC2CC3(C2)CN(CCN)C3)c(/C=C\N(C)C)c1C=O. The van der Waals surface area contributed by atoms with E-state index in [4.69, 9.17) is 10.5 Å². The summed E-state index contributed by atoms with van der Waals surface area (Å²) in [4.78, 5) is 15.9. The molecule has 0 unspecified atom stereocenters. The lowest BCUT2D eigenvalue weighted by molar-refractivity contribution is -0.117. The van der Waals surface area contributed by atoms with Crippen LogP contribution >= 0.6 is 0 Å². The van der Waals surface area contributed by atoms with Crippen LogP contribution in [-0.4, -0.2) is 62.5 Å². The molecule has 1 saturated carbocycles. The van der Waals surface area contributed by atoms with Gasteiger partial charge in [0.2, 0.25) is 0 Å². The molecule has 1 saturated heterocycles. The van der Waals surface area contributed by atoms with Crippen molar-refractivity contribution in [2.24, 2.45) is 11.1 Å². The summed E-state index contributed by atoms with van der Waals surface area (Å²) in [7, 11) is 3.93. The zero-order valence-electron chi connectivity index (χ0n) is 15.5.